The SMILES string of the molecule is O=C(O)[C@@H](O)c1ccccc1.c1cc2c3c(c1)C1CCCC1CN3CCNC2. The number of nitrogens with zero attached hydrogens (tertiary/aromatic N) is 1. The van der Waals surface area contributed by atoms with E-state index in [0.717, 1.165) is 24.9 Å². The number of nitrogens with one attached hydrogen (secondary N) is 1. The summed E-state index contributed by atoms with van der Waals surface area (Å²) in [7, 11) is 0. The van der Waals surface area contributed by atoms with Crippen LogP contribution >= 0.6 is 0 Å². The number of carboxylic acids is 1. The molecule has 2 aromatic carbocycles. The van der Waals surface area contributed by atoms with Gasteiger partial charge in [0.25, 0.3) is 0 Å². The number of aliphatic hydroxyl groups is 1. The Kier molecular flexibility index (Phi) is 5.64. The summed E-state index contributed by atoms with van der Waals surface area (Å²) in [5.74, 6) is 0.561. The van der Waals surface area contributed by atoms with Gasteiger partial charge in [0, 0.05) is 31.9 Å². The Labute approximate surface area is 166 Å². The Bertz CT molecular complexity index is 824. The van der Waals surface area contributed by atoms with Gasteiger partial charge in [-0.25, -0.2) is 4.79 Å². The number of rotatable bonds is 2. The number of para-hydroxylation sites is 1. The predicted octanol–water partition coefficient (Wildman–Crippen LogP) is 3.30. The lowest BCUT2D eigenvalue weighted by atomic mass is 9.82. The van der Waals surface area contributed by atoms with Crippen molar-refractivity contribution >= 4 is 11.7 Å². The number of aliphatic hydroxyl groups excluding tert-OH is 1. The van der Waals surface area contributed by atoms with Crippen molar-refractivity contribution in [2.45, 2.75) is 37.8 Å². The van der Waals surface area contributed by atoms with Crippen LogP contribution in [0.25, 0.3) is 0 Å². The summed E-state index contributed by atoms with van der Waals surface area (Å²) >= 11 is 0. The van der Waals surface area contributed by atoms with Gasteiger partial charge in [-0.3, -0.25) is 0 Å². The summed E-state index contributed by atoms with van der Waals surface area (Å²) in [6.45, 7) is 4.67. The molecule has 1 fully saturated rings. The first kappa shape index (κ1) is 19.0. The zero-order valence-corrected chi connectivity index (χ0v) is 16.1. The summed E-state index contributed by atoms with van der Waals surface area (Å²) < 4.78 is 0. The fourth-order valence-corrected chi connectivity index (χ4v) is 4.90. The maximum Gasteiger partial charge on any atom is 0.337 e. The van der Waals surface area contributed by atoms with E-state index < -0.39 is 12.1 Å². The Morgan fingerprint density at radius 2 is 1.93 bits per heavy atom. The van der Waals surface area contributed by atoms with Crippen LogP contribution in [0.1, 0.15) is 48.0 Å². The van der Waals surface area contributed by atoms with Crippen LogP contribution in [0.2, 0.25) is 0 Å². The molecule has 2 unspecified atom stereocenters. The van der Waals surface area contributed by atoms with Crippen molar-refractivity contribution in [1.29, 1.82) is 0 Å². The zero-order valence-electron chi connectivity index (χ0n) is 16.1. The minimum Gasteiger partial charge on any atom is -0.479 e. The summed E-state index contributed by atoms with van der Waals surface area (Å²) in [5.41, 5.74) is 5.16. The molecule has 148 valence electrons. The molecule has 28 heavy (non-hydrogen) atoms. The van der Waals surface area contributed by atoms with E-state index in [1.54, 1.807) is 41.6 Å². The zero-order chi connectivity index (χ0) is 19.5. The highest BCUT2D eigenvalue weighted by atomic mass is 16.4. The molecule has 3 N–H and O–H groups in total. The summed E-state index contributed by atoms with van der Waals surface area (Å²) in [6, 6.07) is 15.2. The van der Waals surface area contributed by atoms with E-state index in [4.69, 9.17) is 10.2 Å². The molecule has 3 atom stereocenters. The molecule has 0 amide bonds. The summed E-state index contributed by atoms with van der Waals surface area (Å²) in [4.78, 5) is 12.9. The van der Waals surface area contributed by atoms with Gasteiger partial charge in [0.15, 0.2) is 6.10 Å². The molecule has 5 rings (SSSR count). The van der Waals surface area contributed by atoms with Gasteiger partial charge in [-0.2, -0.15) is 0 Å². The number of benzene rings is 2. The normalized spacial score (nSPS) is 23.5. The Morgan fingerprint density at radius 1 is 1.11 bits per heavy atom. The van der Waals surface area contributed by atoms with Crippen LogP contribution in [0, 0.1) is 5.92 Å². The molecule has 0 saturated heterocycles. The third-order valence-electron chi connectivity index (χ3n) is 6.20. The molecular weight excluding hydrogens is 352 g/mol. The van der Waals surface area contributed by atoms with Crippen LogP contribution in [0.4, 0.5) is 5.69 Å². The number of carbonyl (C=O) groups is 1. The molecule has 5 heteroatoms. The van der Waals surface area contributed by atoms with E-state index in [-0.39, 0.29) is 0 Å². The first-order valence-corrected chi connectivity index (χ1v) is 10.2. The number of hydrogen-bond donors (Lipinski definition) is 3. The van der Waals surface area contributed by atoms with Crippen LogP contribution in [-0.2, 0) is 11.3 Å². The lowest BCUT2D eigenvalue weighted by molar-refractivity contribution is -0.146. The molecule has 3 aliphatic rings. The lowest BCUT2D eigenvalue weighted by Gasteiger charge is -2.38. The second kappa shape index (κ2) is 8.33. The molecule has 2 aromatic rings. The largest absolute Gasteiger partial charge is 0.479 e. The third-order valence-corrected chi connectivity index (χ3v) is 6.20. The first-order chi connectivity index (χ1) is 13.6. The van der Waals surface area contributed by atoms with Crippen molar-refractivity contribution in [2.75, 3.05) is 24.5 Å². The topological polar surface area (TPSA) is 72.8 Å². The molecule has 2 aliphatic heterocycles. The van der Waals surface area contributed by atoms with Gasteiger partial charge in [0.2, 0.25) is 0 Å². The first-order valence-electron chi connectivity index (χ1n) is 10.2. The van der Waals surface area contributed by atoms with Crippen molar-refractivity contribution in [2.24, 2.45) is 5.92 Å². The summed E-state index contributed by atoms with van der Waals surface area (Å²) in [5, 5.41) is 20.9. The Hall–Kier alpha value is -2.37. The molecular formula is C23H28N2O3. The van der Waals surface area contributed by atoms with Crippen LogP contribution in [0.5, 0.6) is 0 Å². The molecule has 0 aromatic heterocycles. The van der Waals surface area contributed by atoms with Gasteiger partial charge < -0.3 is 20.4 Å². The van der Waals surface area contributed by atoms with Gasteiger partial charge in [0.05, 0.1) is 0 Å². The molecule has 2 heterocycles. The van der Waals surface area contributed by atoms with Crippen molar-refractivity contribution in [1.82, 2.24) is 5.32 Å². The highest BCUT2D eigenvalue weighted by Gasteiger charge is 2.37. The highest BCUT2D eigenvalue weighted by molar-refractivity contribution is 5.73. The van der Waals surface area contributed by atoms with Crippen molar-refractivity contribution in [3.8, 4) is 0 Å². The van der Waals surface area contributed by atoms with Crippen LogP contribution in [0.3, 0.4) is 0 Å². The fraction of sp³-hybridized carbons (Fsp3) is 0.435. The number of anilines is 1. The van der Waals surface area contributed by atoms with Gasteiger partial charge in [-0.15, -0.1) is 0 Å². The average molecular weight is 380 g/mol. The Morgan fingerprint density at radius 3 is 2.71 bits per heavy atom. The number of hydrogen-bond acceptors (Lipinski definition) is 4. The lowest BCUT2D eigenvalue weighted by Crippen LogP contribution is -2.38. The van der Waals surface area contributed by atoms with Gasteiger partial charge in [-0.1, -0.05) is 55.0 Å². The third kappa shape index (κ3) is 3.77. The smallest absolute Gasteiger partial charge is 0.337 e. The number of aliphatic carboxylic acids is 1. The van der Waals surface area contributed by atoms with Gasteiger partial charge >= 0.3 is 5.97 Å². The van der Waals surface area contributed by atoms with Gasteiger partial charge in [0.1, 0.15) is 0 Å². The summed E-state index contributed by atoms with van der Waals surface area (Å²) in [6.07, 6.45) is 2.89. The molecule has 0 bridgehead atoms. The molecule has 1 aliphatic carbocycles. The minimum atomic E-state index is -1.41. The van der Waals surface area contributed by atoms with E-state index in [0.29, 0.717) is 5.56 Å². The standard InChI is InChI=1S/C15H20N2.C8H8O3/c1-3-11-9-16-7-8-17-10-12-4-2-5-13(12)14(6-1)15(11)17;9-7(8(10)11)6-4-2-1-3-5-6/h1,3,6,12-13,16H,2,4-5,7-10H2;1-5,7,9H,(H,10,11)/t;7-/m.0/s1. The van der Waals surface area contributed by atoms with E-state index in [9.17, 15) is 4.79 Å². The average Bonchev–Trinajstić information content (AvgIpc) is 3.10. The quantitative estimate of drug-likeness (QED) is 0.746. The highest BCUT2D eigenvalue weighted by Crippen LogP contribution is 2.48. The van der Waals surface area contributed by atoms with Crippen LogP contribution in [0.15, 0.2) is 48.5 Å². The second-order valence-electron chi connectivity index (χ2n) is 7.93. The number of fused-ring (bicyclic) bond motifs is 2. The molecule has 0 spiro atoms. The maximum absolute atomic E-state index is 10.2. The predicted molar refractivity (Wildman–Crippen MR) is 109 cm³/mol. The molecule has 5 nitrogen and oxygen atoms in total. The maximum atomic E-state index is 10.2. The molecule has 0 radical (unpaired) electrons. The van der Waals surface area contributed by atoms with Gasteiger partial charge in [-0.05, 0) is 41.4 Å². The van der Waals surface area contributed by atoms with E-state index in [2.05, 4.69) is 28.4 Å². The minimum absolute atomic E-state index is 0.403. The second-order valence-corrected chi connectivity index (χ2v) is 7.93. The van der Waals surface area contributed by atoms with Crippen LogP contribution < -0.4 is 10.2 Å². The van der Waals surface area contributed by atoms with E-state index >= 15 is 0 Å². The van der Waals surface area contributed by atoms with Crippen molar-refractivity contribution in [3.05, 3.63) is 65.2 Å². The Balaban J connectivity index is 0.000000153. The van der Waals surface area contributed by atoms with E-state index in [1.807, 2.05) is 0 Å². The van der Waals surface area contributed by atoms with Crippen LogP contribution in [-0.4, -0.2) is 35.8 Å². The molecule has 1 saturated carbocycles. The van der Waals surface area contributed by atoms with Crippen molar-refractivity contribution in [3.63, 3.8) is 0 Å². The van der Waals surface area contributed by atoms with Crippen molar-refractivity contribution < 1.29 is 15.0 Å². The number of carboxylic acid groups (broad SMARTS) is 1. The fourth-order valence-electron chi connectivity index (χ4n) is 4.90. The van der Waals surface area contributed by atoms with E-state index in [1.165, 1.54) is 37.9 Å². The monoisotopic (exact) mass is 380 g/mol.